The van der Waals surface area contributed by atoms with Gasteiger partial charge in [-0.2, -0.15) is 4.98 Å². The molecule has 0 aliphatic carbocycles. The highest BCUT2D eigenvalue weighted by molar-refractivity contribution is 6.28. The Morgan fingerprint density at radius 1 is 1.72 bits per heavy atom. The van der Waals surface area contributed by atoms with Gasteiger partial charge in [0.15, 0.2) is 11.4 Å². The first-order valence-corrected chi connectivity index (χ1v) is 5.67. The molecule has 3 N–H and O–H groups in total. The number of esters is 1. The summed E-state index contributed by atoms with van der Waals surface area (Å²) in [6.07, 6.45) is 1.85. The molecule has 0 amide bonds. The van der Waals surface area contributed by atoms with Gasteiger partial charge in [-0.1, -0.05) is 0 Å². The van der Waals surface area contributed by atoms with Crippen LogP contribution >= 0.6 is 11.6 Å². The van der Waals surface area contributed by atoms with E-state index in [0.717, 1.165) is 0 Å². The molecule has 0 bridgehead atoms. The van der Waals surface area contributed by atoms with Crippen LogP contribution in [0.15, 0.2) is 6.20 Å². The van der Waals surface area contributed by atoms with Crippen LogP contribution in [0, 0.1) is 0 Å². The van der Waals surface area contributed by atoms with Crippen LogP contribution in [0.5, 0.6) is 0 Å². The summed E-state index contributed by atoms with van der Waals surface area (Å²) in [6, 6.07) is 0. The van der Waals surface area contributed by atoms with Crippen molar-refractivity contribution in [3.8, 4) is 0 Å². The number of ether oxygens (including phenoxy) is 2. The largest absolute Gasteiger partial charge is 0.467 e. The normalized spacial score (nSPS) is 22.8. The number of nitrogens with two attached hydrogens (primary N) is 1. The van der Waals surface area contributed by atoms with Crippen molar-refractivity contribution in [3.63, 3.8) is 0 Å². The summed E-state index contributed by atoms with van der Waals surface area (Å²) < 4.78 is 10.0. The zero-order valence-corrected chi connectivity index (χ0v) is 10.5. The first-order chi connectivity index (χ1) is 8.57. The molecule has 2 rings (SSSR count). The Morgan fingerprint density at radius 2 is 2.50 bits per heavy atom. The molecule has 1 atom stereocenters. The molecular formula is C10H13ClN4O3. The van der Waals surface area contributed by atoms with Gasteiger partial charge in [0.25, 0.3) is 0 Å². The standard InChI is InChI=1S/C10H13ClN4O3/c1-17-8(16)10(2-3-18-5-10)15-7-6(12)4-13-9(11)14-7/h4H,2-3,5,12H2,1H3,(H,13,14,15). The van der Waals surface area contributed by atoms with E-state index < -0.39 is 11.5 Å². The Bertz CT molecular complexity index is 462. The SMILES string of the molecule is COC(=O)C1(Nc2nc(Cl)ncc2N)CCOC1. The average Bonchev–Trinajstić information content (AvgIpc) is 2.82. The molecule has 0 spiro atoms. The number of halogens is 1. The lowest BCUT2D eigenvalue weighted by molar-refractivity contribution is -0.146. The summed E-state index contributed by atoms with van der Waals surface area (Å²) >= 11 is 5.70. The van der Waals surface area contributed by atoms with Crippen LogP contribution in [0.25, 0.3) is 0 Å². The van der Waals surface area contributed by atoms with Crippen molar-refractivity contribution < 1.29 is 14.3 Å². The van der Waals surface area contributed by atoms with Gasteiger partial charge in [0.1, 0.15) is 0 Å². The van der Waals surface area contributed by atoms with Gasteiger partial charge in [-0.05, 0) is 11.6 Å². The molecule has 98 valence electrons. The molecule has 1 aliphatic rings. The third-order valence-corrected chi connectivity index (χ3v) is 2.93. The van der Waals surface area contributed by atoms with Gasteiger partial charge in [0.05, 0.1) is 25.6 Å². The van der Waals surface area contributed by atoms with Gasteiger partial charge in [0, 0.05) is 13.0 Å². The fourth-order valence-electron chi connectivity index (χ4n) is 1.77. The molecule has 0 radical (unpaired) electrons. The van der Waals surface area contributed by atoms with Gasteiger partial charge >= 0.3 is 5.97 Å². The van der Waals surface area contributed by atoms with Crippen LogP contribution in [0.1, 0.15) is 6.42 Å². The van der Waals surface area contributed by atoms with Crippen molar-refractivity contribution in [2.45, 2.75) is 12.0 Å². The first-order valence-electron chi connectivity index (χ1n) is 5.30. The molecule has 0 aromatic carbocycles. The number of carbonyl (C=O) groups excluding carboxylic acids is 1. The number of carbonyl (C=O) groups is 1. The molecule has 1 aromatic heterocycles. The Kier molecular flexibility index (Phi) is 3.53. The highest BCUT2D eigenvalue weighted by atomic mass is 35.5. The van der Waals surface area contributed by atoms with E-state index in [-0.39, 0.29) is 11.9 Å². The minimum atomic E-state index is -0.972. The van der Waals surface area contributed by atoms with E-state index in [9.17, 15) is 4.79 Å². The fraction of sp³-hybridized carbons (Fsp3) is 0.500. The van der Waals surface area contributed by atoms with Crippen LogP contribution in [0.3, 0.4) is 0 Å². The number of nitrogens with zero attached hydrogens (tertiary/aromatic N) is 2. The molecular weight excluding hydrogens is 260 g/mol. The Balaban J connectivity index is 2.29. The molecule has 1 fully saturated rings. The summed E-state index contributed by atoms with van der Waals surface area (Å²) in [5, 5.41) is 3.00. The van der Waals surface area contributed by atoms with Crippen molar-refractivity contribution in [2.24, 2.45) is 0 Å². The number of aromatic nitrogens is 2. The van der Waals surface area contributed by atoms with Crippen molar-refractivity contribution in [3.05, 3.63) is 11.5 Å². The van der Waals surface area contributed by atoms with Crippen LogP contribution in [0.4, 0.5) is 11.5 Å². The highest BCUT2D eigenvalue weighted by Crippen LogP contribution is 2.27. The lowest BCUT2D eigenvalue weighted by atomic mass is 9.99. The number of hydrogen-bond acceptors (Lipinski definition) is 7. The second-order valence-electron chi connectivity index (χ2n) is 3.94. The van der Waals surface area contributed by atoms with Crippen LogP contribution in [-0.2, 0) is 14.3 Å². The monoisotopic (exact) mass is 272 g/mol. The predicted molar refractivity (Wildman–Crippen MR) is 65.3 cm³/mol. The van der Waals surface area contributed by atoms with Crippen molar-refractivity contribution in [2.75, 3.05) is 31.4 Å². The number of anilines is 2. The third-order valence-electron chi connectivity index (χ3n) is 2.74. The molecule has 18 heavy (non-hydrogen) atoms. The lowest BCUT2D eigenvalue weighted by Gasteiger charge is -2.26. The van der Waals surface area contributed by atoms with Crippen molar-refractivity contribution in [1.82, 2.24) is 9.97 Å². The maximum Gasteiger partial charge on any atom is 0.334 e. The summed E-state index contributed by atoms with van der Waals surface area (Å²) in [6.45, 7) is 0.654. The zero-order valence-electron chi connectivity index (χ0n) is 9.77. The molecule has 1 aliphatic heterocycles. The smallest absolute Gasteiger partial charge is 0.334 e. The summed E-state index contributed by atoms with van der Waals surface area (Å²) in [4.78, 5) is 19.6. The van der Waals surface area contributed by atoms with Crippen molar-refractivity contribution >= 4 is 29.1 Å². The van der Waals surface area contributed by atoms with Crippen LogP contribution in [0.2, 0.25) is 5.28 Å². The number of hydrogen-bond donors (Lipinski definition) is 2. The molecule has 8 heteroatoms. The van der Waals surface area contributed by atoms with E-state index in [1.807, 2.05) is 0 Å². The third kappa shape index (κ3) is 2.32. The summed E-state index contributed by atoms with van der Waals surface area (Å²) in [7, 11) is 1.32. The molecule has 7 nitrogen and oxygen atoms in total. The molecule has 0 saturated carbocycles. The van der Waals surface area contributed by atoms with Gasteiger partial charge in [0.2, 0.25) is 5.28 Å². The van der Waals surface area contributed by atoms with E-state index in [4.69, 9.17) is 26.8 Å². The Hall–Kier alpha value is -1.60. The second kappa shape index (κ2) is 4.95. The Morgan fingerprint density at radius 3 is 3.11 bits per heavy atom. The number of nitrogens with one attached hydrogen (secondary N) is 1. The number of methoxy groups -OCH3 is 1. The van der Waals surface area contributed by atoms with Gasteiger partial charge in [-0.15, -0.1) is 0 Å². The first kappa shape index (κ1) is 12.8. The van der Waals surface area contributed by atoms with E-state index in [2.05, 4.69) is 15.3 Å². The minimum absolute atomic E-state index is 0.0469. The number of rotatable bonds is 3. The maximum absolute atomic E-state index is 11.9. The summed E-state index contributed by atoms with van der Waals surface area (Å²) in [5.74, 6) is -0.125. The van der Waals surface area contributed by atoms with Crippen molar-refractivity contribution in [1.29, 1.82) is 0 Å². The molecule has 1 saturated heterocycles. The van der Waals surface area contributed by atoms with Gasteiger partial charge < -0.3 is 20.5 Å². The molecule has 2 heterocycles. The van der Waals surface area contributed by atoms with E-state index in [1.54, 1.807) is 0 Å². The maximum atomic E-state index is 11.9. The van der Waals surface area contributed by atoms with Crippen LogP contribution < -0.4 is 11.1 Å². The Labute approximate surface area is 109 Å². The van der Waals surface area contributed by atoms with E-state index in [1.165, 1.54) is 13.3 Å². The van der Waals surface area contributed by atoms with Gasteiger partial charge in [-0.25, -0.2) is 9.78 Å². The van der Waals surface area contributed by atoms with E-state index in [0.29, 0.717) is 24.5 Å². The summed E-state index contributed by atoms with van der Waals surface area (Å²) in [5.41, 5.74) is 5.06. The average molecular weight is 273 g/mol. The molecule has 1 aromatic rings. The lowest BCUT2D eigenvalue weighted by Crippen LogP contribution is -2.48. The highest BCUT2D eigenvalue weighted by Gasteiger charge is 2.44. The second-order valence-corrected chi connectivity index (χ2v) is 4.28. The van der Waals surface area contributed by atoms with E-state index >= 15 is 0 Å². The minimum Gasteiger partial charge on any atom is -0.467 e. The fourth-order valence-corrected chi connectivity index (χ4v) is 1.90. The topological polar surface area (TPSA) is 99.4 Å². The number of nitrogen functional groups attached to an aromatic ring is 1. The van der Waals surface area contributed by atoms with Crippen LogP contribution in [-0.4, -0.2) is 41.8 Å². The molecule has 1 unspecified atom stereocenters. The quantitative estimate of drug-likeness (QED) is 0.609. The zero-order chi connectivity index (χ0) is 13.2. The van der Waals surface area contributed by atoms with Gasteiger partial charge in [-0.3, -0.25) is 0 Å². The predicted octanol–water partition coefficient (Wildman–Crippen LogP) is 0.456.